The Kier molecular flexibility index (Phi) is 5.99. The van der Waals surface area contributed by atoms with Gasteiger partial charge in [0.05, 0.1) is 6.10 Å². The summed E-state index contributed by atoms with van der Waals surface area (Å²) in [5.74, 6) is 5.11. The monoisotopic (exact) mass is 402 g/mol. The van der Waals surface area contributed by atoms with Crippen LogP contribution in [0.3, 0.4) is 0 Å². The van der Waals surface area contributed by atoms with Crippen LogP contribution in [-0.2, 0) is 4.79 Å². The van der Waals surface area contributed by atoms with E-state index in [1.807, 2.05) is 0 Å². The summed E-state index contributed by atoms with van der Waals surface area (Å²) >= 11 is 0. The van der Waals surface area contributed by atoms with E-state index in [4.69, 9.17) is 0 Å². The van der Waals surface area contributed by atoms with E-state index in [1.54, 1.807) is 0 Å². The van der Waals surface area contributed by atoms with Crippen LogP contribution in [0.4, 0.5) is 0 Å². The van der Waals surface area contributed by atoms with E-state index in [0.29, 0.717) is 17.6 Å². The zero-order valence-corrected chi connectivity index (χ0v) is 19.8. The Bertz CT molecular complexity index is 612. The molecule has 29 heavy (non-hydrogen) atoms. The molecule has 0 aromatic carbocycles. The molecule has 0 aliphatic heterocycles. The lowest BCUT2D eigenvalue weighted by Crippen LogP contribution is -2.57. The van der Waals surface area contributed by atoms with Crippen molar-refractivity contribution in [3.8, 4) is 0 Å². The number of carbonyl (C=O) groups excluding carboxylic acids is 1. The van der Waals surface area contributed by atoms with Gasteiger partial charge in [-0.2, -0.15) is 0 Å². The Balaban J connectivity index is 1.52. The zero-order valence-electron chi connectivity index (χ0n) is 19.8. The van der Waals surface area contributed by atoms with Crippen molar-refractivity contribution in [3.05, 3.63) is 0 Å². The first kappa shape index (κ1) is 21.8. The number of hydrogen-bond donors (Lipinski definition) is 1. The van der Waals surface area contributed by atoms with Crippen LogP contribution in [0, 0.1) is 52.3 Å². The fourth-order valence-corrected chi connectivity index (χ4v) is 9.07. The van der Waals surface area contributed by atoms with Gasteiger partial charge in [-0.1, -0.05) is 53.9 Å². The molecule has 0 aromatic heterocycles. The largest absolute Gasteiger partial charge is 0.393 e. The number of rotatable bonds is 5. The minimum atomic E-state index is -0.129. The Morgan fingerprint density at radius 3 is 2.48 bits per heavy atom. The summed E-state index contributed by atoms with van der Waals surface area (Å²) in [7, 11) is 0. The van der Waals surface area contributed by atoms with Crippen LogP contribution in [0.1, 0.15) is 105 Å². The molecule has 9 atom stereocenters. The number of aliphatic hydroxyl groups excluding tert-OH is 1. The van der Waals surface area contributed by atoms with Gasteiger partial charge in [-0.05, 0) is 91.3 Å². The maximum atomic E-state index is 13.7. The molecular weight excluding hydrogens is 356 g/mol. The van der Waals surface area contributed by atoms with Crippen molar-refractivity contribution in [1.29, 1.82) is 0 Å². The summed E-state index contributed by atoms with van der Waals surface area (Å²) < 4.78 is 0. The van der Waals surface area contributed by atoms with Crippen LogP contribution < -0.4 is 0 Å². The van der Waals surface area contributed by atoms with Gasteiger partial charge in [-0.15, -0.1) is 0 Å². The van der Waals surface area contributed by atoms with Gasteiger partial charge in [0.2, 0.25) is 0 Å². The molecule has 0 spiro atoms. The minimum Gasteiger partial charge on any atom is -0.393 e. The van der Waals surface area contributed by atoms with Crippen LogP contribution in [0.5, 0.6) is 0 Å². The standard InChI is InChI=1S/C27H46O2/c1-17(2)7-6-8-18(3)22-11-12-23-21-10-9-19-15-20(28)13-14-26(19,4)25(21)24(29)16-27(22,23)5/h17-23,25,28H,6-16H2,1-5H3/t18-,19+,20-,21+,22-,23+,25-,26+,27-/m1/s1. The van der Waals surface area contributed by atoms with Gasteiger partial charge in [0.1, 0.15) is 5.78 Å². The molecule has 0 bridgehead atoms. The predicted octanol–water partition coefficient (Wildman–Crippen LogP) is 6.65. The maximum absolute atomic E-state index is 13.7. The lowest BCUT2D eigenvalue weighted by molar-refractivity contribution is -0.162. The van der Waals surface area contributed by atoms with Gasteiger partial charge in [-0.3, -0.25) is 4.79 Å². The third-order valence-corrected chi connectivity index (χ3v) is 10.5. The second-order valence-corrected chi connectivity index (χ2v) is 12.6. The fourth-order valence-electron chi connectivity index (χ4n) is 9.07. The molecule has 1 N–H and O–H groups in total. The maximum Gasteiger partial charge on any atom is 0.137 e. The number of fused-ring (bicyclic) bond motifs is 5. The van der Waals surface area contributed by atoms with E-state index in [0.717, 1.165) is 49.4 Å². The first-order valence-electron chi connectivity index (χ1n) is 12.9. The van der Waals surface area contributed by atoms with Gasteiger partial charge in [0.25, 0.3) is 0 Å². The third kappa shape index (κ3) is 3.64. The molecule has 2 heteroatoms. The molecular formula is C27H46O2. The van der Waals surface area contributed by atoms with Crippen molar-refractivity contribution in [2.75, 3.05) is 0 Å². The summed E-state index contributed by atoms with van der Waals surface area (Å²) in [4.78, 5) is 13.7. The summed E-state index contributed by atoms with van der Waals surface area (Å²) in [6, 6.07) is 0. The van der Waals surface area contributed by atoms with Crippen molar-refractivity contribution >= 4 is 5.78 Å². The first-order valence-corrected chi connectivity index (χ1v) is 12.9. The normalized spacial score (nSPS) is 48.2. The Morgan fingerprint density at radius 2 is 1.76 bits per heavy atom. The van der Waals surface area contributed by atoms with Crippen molar-refractivity contribution < 1.29 is 9.90 Å². The van der Waals surface area contributed by atoms with Crippen LogP contribution in [0.2, 0.25) is 0 Å². The van der Waals surface area contributed by atoms with E-state index in [-0.39, 0.29) is 22.9 Å². The van der Waals surface area contributed by atoms with Gasteiger partial charge in [0.15, 0.2) is 0 Å². The van der Waals surface area contributed by atoms with Crippen LogP contribution in [0.15, 0.2) is 0 Å². The fraction of sp³-hybridized carbons (Fsp3) is 0.963. The van der Waals surface area contributed by atoms with E-state index in [1.165, 1.54) is 44.9 Å². The number of hydrogen-bond acceptors (Lipinski definition) is 2. The first-order chi connectivity index (χ1) is 13.7. The molecule has 0 unspecified atom stereocenters. The molecule has 0 aromatic rings. The molecule has 0 amide bonds. The SMILES string of the molecule is CC(C)CCC[C@@H](C)[C@H]1CC[C@H]2[C@@H]3CC[C@H]4C[C@H](O)CC[C@]4(C)[C@H]3C(=O)C[C@]12C. The summed E-state index contributed by atoms with van der Waals surface area (Å²) in [6.07, 6.45) is 12.8. The molecule has 166 valence electrons. The minimum absolute atomic E-state index is 0.129. The molecule has 0 radical (unpaired) electrons. The molecule has 4 saturated carbocycles. The van der Waals surface area contributed by atoms with E-state index in [2.05, 4.69) is 34.6 Å². The van der Waals surface area contributed by atoms with Crippen molar-refractivity contribution in [1.82, 2.24) is 0 Å². The quantitative estimate of drug-likeness (QED) is 0.559. The van der Waals surface area contributed by atoms with Gasteiger partial charge >= 0.3 is 0 Å². The average molecular weight is 403 g/mol. The zero-order chi connectivity index (χ0) is 21.0. The van der Waals surface area contributed by atoms with Crippen LogP contribution >= 0.6 is 0 Å². The molecule has 0 saturated heterocycles. The van der Waals surface area contributed by atoms with Crippen LogP contribution in [0.25, 0.3) is 0 Å². The van der Waals surface area contributed by atoms with E-state index >= 15 is 0 Å². The molecule has 4 aliphatic rings. The van der Waals surface area contributed by atoms with Crippen molar-refractivity contribution in [2.45, 2.75) is 111 Å². The summed E-state index contributed by atoms with van der Waals surface area (Å²) in [5.41, 5.74) is 0.397. The molecule has 4 fully saturated rings. The number of ketones is 1. The average Bonchev–Trinajstić information content (AvgIpc) is 2.98. The van der Waals surface area contributed by atoms with E-state index < -0.39 is 0 Å². The molecule has 4 rings (SSSR count). The predicted molar refractivity (Wildman–Crippen MR) is 119 cm³/mol. The third-order valence-electron chi connectivity index (χ3n) is 10.5. The Labute approximate surface area is 179 Å². The molecule has 4 aliphatic carbocycles. The smallest absolute Gasteiger partial charge is 0.137 e. The Morgan fingerprint density at radius 1 is 1.00 bits per heavy atom. The highest BCUT2D eigenvalue weighted by Crippen LogP contribution is 2.67. The highest BCUT2D eigenvalue weighted by Gasteiger charge is 2.63. The highest BCUT2D eigenvalue weighted by molar-refractivity contribution is 5.84. The number of Topliss-reactive ketones (excluding diaryl/α,β-unsaturated/α-hetero) is 1. The summed E-state index contributed by atoms with van der Waals surface area (Å²) in [6.45, 7) is 12.1. The summed E-state index contributed by atoms with van der Waals surface area (Å²) in [5, 5.41) is 10.2. The highest BCUT2D eigenvalue weighted by atomic mass is 16.3. The second kappa shape index (κ2) is 7.95. The molecule has 0 heterocycles. The Hall–Kier alpha value is -0.370. The van der Waals surface area contributed by atoms with Gasteiger partial charge < -0.3 is 5.11 Å². The van der Waals surface area contributed by atoms with Crippen molar-refractivity contribution in [2.24, 2.45) is 52.3 Å². The lowest BCUT2D eigenvalue weighted by Gasteiger charge is -2.60. The number of carbonyl (C=O) groups is 1. The van der Waals surface area contributed by atoms with Gasteiger partial charge in [0, 0.05) is 12.3 Å². The topological polar surface area (TPSA) is 37.3 Å². The number of aliphatic hydroxyl groups is 1. The van der Waals surface area contributed by atoms with Crippen molar-refractivity contribution in [3.63, 3.8) is 0 Å². The molecule has 2 nitrogen and oxygen atoms in total. The van der Waals surface area contributed by atoms with Gasteiger partial charge in [-0.25, -0.2) is 0 Å². The second-order valence-electron chi connectivity index (χ2n) is 12.6. The lowest BCUT2D eigenvalue weighted by atomic mass is 9.44. The van der Waals surface area contributed by atoms with E-state index in [9.17, 15) is 9.90 Å². The van der Waals surface area contributed by atoms with Crippen LogP contribution in [-0.4, -0.2) is 17.0 Å².